The molecule has 0 saturated heterocycles. The molecule has 0 spiro atoms. The Morgan fingerprint density at radius 1 is 1.15 bits per heavy atom. The highest BCUT2D eigenvalue weighted by Crippen LogP contribution is 2.28. The summed E-state index contributed by atoms with van der Waals surface area (Å²) in [6.07, 6.45) is 2.00. The predicted octanol–water partition coefficient (Wildman–Crippen LogP) is 3.05. The van der Waals surface area contributed by atoms with Crippen molar-refractivity contribution in [2.75, 3.05) is 6.61 Å². The number of ether oxygens (including phenoxy) is 1. The van der Waals surface area contributed by atoms with Gasteiger partial charge >= 0.3 is 11.9 Å². The van der Waals surface area contributed by atoms with Crippen molar-refractivity contribution in [3.05, 3.63) is 35.9 Å². The minimum Gasteiger partial charge on any atom is -0.480 e. The summed E-state index contributed by atoms with van der Waals surface area (Å²) in [5.74, 6) is -1.72. The Balaban J connectivity index is 2.44. The fourth-order valence-corrected chi connectivity index (χ4v) is 2.15. The molecule has 0 bridgehead atoms. The third-order valence-corrected chi connectivity index (χ3v) is 3.69. The minimum atomic E-state index is -1.40. The van der Waals surface area contributed by atoms with Gasteiger partial charge in [-0.1, -0.05) is 44.2 Å². The summed E-state index contributed by atoms with van der Waals surface area (Å²) in [6, 6.07) is 9.91. The Labute approximate surface area is 119 Å². The topological polar surface area (TPSA) is 63.6 Å². The average molecular weight is 278 g/mol. The molecule has 0 aliphatic rings. The van der Waals surface area contributed by atoms with E-state index in [0.717, 1.165) is 6.42 Å². The molecule has 1 rings (SSSR count). The van der Waals surface area contributed by atoms with Gasteiger partial charge in [0, 0.05) is 0 Å². The molecule has 0 saturated carbocycles. The van der Waals surface area contributed by atoms with Crippen molar-refractivity contribution in [1.82, 2.24) is 0 Å². The molecule has 0 unspecified atom stereocenters. The van der Waals surface area contributed by atoms with Gasteiger partial charge in [0.25, 0.3) is 0 Å². The van der Waals surface area contributed by atoms with E-state index >= 15 is 0 Å². The lowest BCUT2D eigenvalue weighted by Gasteiger charge is -2.24. The maximum absolute atomic E-state index is 12.0. The molecular weight excluding hydrogens is 256 g/mol. The summed E-state index contributed by atoms with van der Waals surface area (Å²) in [4.78, 5) is 23.3. The number of hydrogen-bond acceptors (Lipinski definition) is 3. The normalized spacial score (nSPS) is 11.1. The number of carbonyl (C=O) groups excluding carboxylic acids is 1. The van der Waals surface area contributed by atoms with E-state index in [4.69, 9.17) is 4.74 Å². The van der Waals surface area contributed by atoms with Crippen LogP contribution in [0, 0.1) is 5.41 Å². The zero-order valence-corrected chi connectivity index (χ0v) is 12.1. The third kappa shape index (κ3) is 3.83. The van der Waals surface area contributed by atoms with E-state index in [1.165, 1.54) is 5.56 Å². The molecule has 4 heteroatoms. The SMILES string of the molecule is CCC(CC)(C(=O)O)C(=O)OCCCc1ccccc1. The van der Waals surface area contributed by atoms with E-state index in [0.29, 0.717) is 6.42 Å². The maximum Gasteiger partial charge on any atom is 0.323 e. The molecule has 20 heavy (non-hydrogen) atoms. The van der Waals surface area contributed by atoms with Crippen LogP contribution in [0.3, 0.4) is 0 Å². The second kappa shape index (κ2) is 7.68. The molecule has 1 aromatic carbocycles. The second-order valence-electron chi connectivity index (χ2n) is 4.82. The summed E-state index contributed by atoms with van der Waals surface area (Å²) in [5, 5.41) is 9.23. The third-order valence-electron chi connectivity index (χ3n) is 3.69. The van der Waals surface area contributed by atoms with E-state index < -0.39 is 17.4 Å². The molecule has 4 nitrogen and oxygen atoms in total. The summed E-state index contributed by atoms with van der Waals surface area (Å²) >= 11 is 0. The first-order valence-corrected chi connectivity index (χ1v) is 7.01. The van der Waals surface area contributed by atoms with E-state index in [1.54, 1.807) is 13.8 Å². The minimum absolute atomic E-state index is 0.246. The lowest BCUT2D eigenvalue weighted by atomic mass is 9.82. The average Bonchev–Trinajstić information content (AvgIpc) is 2.46. The molecule has 0 aromatic heterocycles. The van der Waals surface area contributed by atoms with Crippen LogP contribution < -0.4 is 0 Å². The van der Waals surface area contributed by atoms with Gasteiger partial charge in [0.05, 0.1) is 6.61 Å². The van der Waals surface area contributed by atoms with Crippen LogP contribution in [0.2, 0.25) is 0 Å². The van der Waals surface area contributed by atoms with Crippen LogP contribution in [0.5, 0.6) is 0 Å². The van der Waals surface area contributed by atoms with Crippen LogP contribution in [0.1, 0.15) is 38.7 Å². The van der Waals surface area contributed by atoms with Gasteiger partial charge in [-0.3, -0.25) is 9.59 Å². The predicted molar refractivity (Wildman–Crippen MR) is 76.4 cm³/mol. The van der Waals surface area contributed by atoms with Crippen LogP contribution in [-0.2, 0) is 20.7 Å². The molecule has 0 aliphatic heterocycles. The van der Waals surface area contributed by atoms with Crippen molar-refractivity contribution >= 4 is 11.9 Å². The molecule has 0 amide bonds. The Hall–Kier alpha value is -1.84. The summed E-state index contributed by atoms with van der Waals surface area (Å²) in [6.45, 7) is 3.65. The number of carboxylic acids is 1. The summed E-state index contributed by atoms with van der Waals surface area (Å²) in [5.41, 5.74) is -0.216. The van der Waals surface area contributed by atoms with Gasteiger partial charge in [0.2, 0.25) is 0 Å². The smallest absolute Gasteiger partial charge is 0.323 e. The second-order valence-corrected chi connectivity index (χ2v) is 4.82. The Kier molecular flexibility index (Phi) is 6.22. The molecule has 0 aliphatic carbocycles. The van der Waals surface area contributed by atoms with Crippen molar-refractivity contribution in [1.29, 1.82) is 0 Å². The van der Waals surface area contributed by atoms with Gasteiger partial charge in [-0.05, 0) is 31.2 Å². The quantitative estimate of drug-likeness (QED) is 0.451. The van der Waals surface area contributed by atoms with Crippen molar-refractivity contribution in [3.8, 4) is 0 Å². The van der Waals surface area contributed by atoms with Crippen LogP contribution >= 0.6 is 0 Å². The number of aliphatic carboxylic acids is 1. The zero-order chi connectivity index (χ0) is 15.0. The molecule has 0 heterocycles. The van der Waals surface area contributed by atoms with Crippen molar-refractivity contribution in [2.24, 2.45) is 5.41 Å². The molecule has 0 radical (unpaired) electrons. The summed E-state index contributed by atoms with van der Waals surface area (Å²) in [7, 11) is 0. The van der Waals surface area contributed by atoms with Crippen LogP contribution in [-0.4, -0.2) is 23.7 Å². The lowest BCUT2D eigenvalue weighted by Crippen LogP contribution is -2.39. The molecule has 110 valence electrons. The summed E-state index contributed by atoms with van der Waals surface area (Å²) < 4.78 is 5.15. The van der Waals surface area contributed by atoms with Gasteiger partial charge in [0.1, 0.15) is 0 Å². The Bertz CT molecular complexity index is 435. The highest BCUT2D eigenvalue weighted by molar-refractivity contribution is 5.99. The first kappa shape index (κ1) is 16.2. The number of esters is 1. The standard InChI is InChI=1S/C16H22O4/c1-3-16(4-2,14(17)18)15(19)20-12-8-11-13-9-6-5-7-10-13/h5-7,9-10H,3-4,8,11-12H2,1-2H3,(H,17,18). The lowest BCUT2D eigenvalue weighted by molar-refractivity contribution is -0.169. The van der Waals surface area contributed by atoms with Gasteiger partial charge in [0.15, 0.2) is 5.41 Å². The van der Waals surface area contributed by atoms with Gasteiger partial charge in [-0.25, -0.2) is 0 Å². The monoisotopic (exact) mass is 278 g/mol. The molecule has 0 atom stereocenters. The number of carboxylic acid groups (broad SMARTS) is 1. The van der Waals surface area contributed by atoms with E-state index in [1.807, 2.05) is 30.3 Å². The van der Waals surface area contributed by atoms with E-state index in [9.17, 15) is 14.7 Å². The van der Waals surface area contributed by atoms with Gasteiger partial charge < -0.3 is 9.84 Å². The van der Waals surface area contributed by atoms with Crippen molar-refractivity contribution < 1.29 is 19.4 Å². The molecule has 1 N–H and O–H groups in total. The maximum atomic E-state index is 12.0. The Morgan fingerprint density at radius 3 is 2.25 bits per heavy atom. The fourth-order valence-electron chi connectivity index (χ4n) is 2.15. The first-order chi connectivity index (χ1) is 9.56. The van der Waals surface area contributed by atoms with Gasteiger partial charge in [-0.15, -0.1) is 0 Å². The number of hydrogen-bond donors (Lipinski definition) is 1. The van der Waals surface area contributed by atoms with Crippen LogP contribution in [0.25, 0.3) is 0 Å². The Morgan fingerprint density at radius 2 is 1.75 bits per heavy atom. The fraction of sp³-hybridized carbons (Fsp3) is 0.500. The first-order valence-electron chi connectivity index (χ1n) is 7.01. The molecule has 0 fully saturated rings. The number of carbonyl (C=O) groups is 2. The zero-order valence-electron chi connectivity index (χ0n) is 12.1. The number of rotatable bonds is 8. The van der Waals surface area contributed by atoms with Crippen LogP contribution in [0.4, 0.5) is 0 Å². The number of benzene rings is 1. The van der Waals surface area contributed by atoms with Crippen molar-refractivity contribution in [2.45, 2.75) is 39.5 Å². The largest absolute Gasteiger partial charge is 0.480 e. The highest BCUT2D eigenvalue weighted by atomic mass is 16.5. The molecule has 1 aromatic rings. The van der Waals surface area contributed by atoms with E-state index in [2.05, 4.69) is 0 Å². The van der Waals surface area contributed by atoms with Gasteiger partial charge in [-0.2, -0.15) is 0 Å². The van der Waals surface area contributed by atoms with E-state index in [-0.39, 0.29) is 19.4 Å². The number of aryl methyl sites for hydroxylation is 1. The molecular formula is C16H22O4. The highest BCUT2D eigenvalue weighted by Gasteiger charge is 2.44. The van der Waals surface area contributed by atoms with Crippen LogP contribution in [0.15, 0.2) is 30.3 Å². The van der Waals surface area contributed by atoms with Crippen molar-refractivity contribution in [3.63, 3.8) is 0 Å².